The minimum Gasteiger partial charge on any atom is -0.390 e. The Morgan fingerprint density at radius 2 is 2.08 bits per heavy atom. The van der Waals surface area contributed by atoms with Gasteiger partial charge in [-0.1, -0.05) is 36.4 Å². The molecule has 1 aliphatic carbocycles. The summed E-state index contributed by atoms with van der Waals surface area (Å²) in [6, 6.07) is 12.3. The highest BCUT2D eigenvalue weighted by Crippen LogP contribution is 2.33. The van der Waals surface area contributed by atoms with Gasteiger partial charge in [-0.05, 0) is 62.8 Å². The Morgan fingerprint density at radius 3 is 2.95 bits per heavy atom. The number of hydrogen-bond acceptors (Lipinski definition) is 7. The molecule has 2 aliphatic rings. The first-order chi connectivity index (χ1) is 19.0. The summed E-state index contributed by atoms with van der Waals surface area (Å²) in [5.41, 5.74) is 3.29. The molecule has 2 aromatic heterocycles. The van der Waals surface area contributed by atoms with E-state index in [9.17, 15) is 9.50 Å². The number of hydrogen-bond donors (Lipinski definition) is 1. The van der Waals surface area contributed by atoms with Gasteiger partial charge in [0.15, 0.2) is 17.0 Å². The molecule has 8 nitrogen and oxygen atoms in total. The summed E-state index contributed by atoms with van der Waals surface area (Å²) in [5, 5.41) is 13.0. The number of fused-ring (bicyclic) bond motifs is 2. The molecule has 4 aromatic rings. The highest BCUT2D eigenvalue weighted by molar-refractivity contribution is 9.10. The highest BCUT2D eigenvalue weighted by atomic mass is 79.9. The van der Waals surface area contributed by atoms with Gasteiger partial charge >= 0.3 is 0 Å². The molecular weight excluding hydrogens is 565 g/mol. The average molecular weight is 594 g/mol. The van der Waals surface area contributed by atoms with Gasteiger partial charge in [-0.3, -0.25) is 4.57 Å². The number of allylic oxidation sites excluding steroid dienone is 3. The van der Waals surface area contributed by atoms with Crippen molar-refractivity contribution in [3.8, 4) is 0 Å². The lowest BCUT2D eigenvalue weighted by atomic mass is 10.0. The third-order valence-corrected chi connectivity index (χ3v) is 8.22. The maximum Gasteiger partial charge on any atom is 0.167 e. The highest BCUT2D eigenvalue weighted by Gasteiger charge is 2.36. The second kappa shape index (κ2) is 11.1. The second-order valence-electron chi connectivity index (χ2n) is 10.0. The van der Waals surface area contributed by atoms with E-state index >= 15 is 0 Å². The first-order valence-corrected chi connectivity index (χ1v) is 13.8. The summed E-state index contributed by atoms with van der Waals surface area (Å²) in [6.45, 7) is 1.20. The number of imidazole rings is 1. The Bertz CT molecular complexity index is 1570. The van der Waals surface area contributed by atoms with Crippen molar-refractivity contribution in [3.05, 3.63) is 82.6 Å². The van der Waals surface area contributed by atoms with Gasteiger partial charge in [0.2, 0.25) is 0 Å². The van der Waals surface area contributed by atoms with Crippen LogP contribution in [0.15, 0.2) is 77.1 Å². The Balaban J connectivity index is 1.12. The van der Waals surface area contributed by atoms with E-state index in [1.165, 1.54) is 6.33 Å². The van der Waals surface area contributed by atoms with E-state index in [4.69, 9.17) is 9.47 Å². The summed E-state index contributed by atoms with van der Waals surface area (Å²) in [6.07, 6.45) is 6.68. The molecule has 0 saturated carbocycles. The zero-order valence-electron chi connectivity index (χ0n) is 21.5. The summed E-state index contributed by atoms with van der Waals surface area (Å²) in [7, 11) is 1.91. The van der Waals surface area contributed by atoms with Crippen molar-refractivity contribution in [1.29, 1.82) is 0 Å². The van der Waals surface area contributed by atoms with Crippen LogP contribution in [0.1, 0.15) is 31.1 Å². The van der Waals surface area contributed by atoms with Gasteiger partial charge in [-0.25, -0.2) is 19.3 Å². The van der Waals surface area contributed by atoms with Crippen LogP contribution >= 0.6 is 15.9 Å². The van der Waals surface area contributed by atoms with Crippen LogP contribution in [-0.4, -0.2) is 57.0 Å². The summed E-state index contributed by atoms with van der Waals surface area (Å²) in [5.74, 6) is 0.469. The molecule has 1 fully saturated rings. The lowest BCUT2D eigenvalue weighted by molar-refractivity contribution is -0.0647. The number of aliphatic hydroxyl groups is 1. The normalized spacial score (nSPS) is 21.4. The van der Waals surface area contributed by atoms with Gasteiger partial charge in [0.1, 0.15) is 24.5 Å². The lowest BCUT2D eigenvalue weighted by Crippen LogP contribution is -2.26. The van der Waals surface area contributed by atoms with Crippen molar-refractivity contribution in [1.82, 2.24) is 19.5 Å². The van der Waals surface area contributed by atoms with Gasteiger partial charge in [0.05, 0.1) is 25.6 Å². The average Bonchev–Trinajstić information content (AvgIpc) is 3.53. The van der Waals surface area contributed by atoms with E-state index in [0.717, 1.165) is 32.8 Å². The topological polar surface area (TPSA) is 85.5 Å². The molecule has 0 spiro atoms. The van der Waals surface area contributed by atoms with Gasteiger partial charge in [-0.15, -0.1) is 0 Å². The minimum atomic E-state index is -0.683. The van der Waals surface area contributed by atoms with Gasteiger partial charge in [0, 0.05) is 24.5 Å². The molecule has 0 amide bonds. The first-order valence-electron chi connectivity index (χ1n) is 13.0. The number of rotatable bonds is 8. The molecule has 6 rings (SSSR count). The van der Waals surface area contributed by atoms with Crippen LogP contribution in [0.5, 0.6) is 0 Å². The summed E-state index contributed by atoms with van der Waals surface area (Å²) in [4.78, 5) is 15.4. The van der Waals surface area contributed by atoms with E-state index in [-0.39, 0.29) is 12.4 Å². The third kappa shape index (κ3) is 5.34. The molecule has 10 heteroatoms. The maximum absolute atomic E-state index is 13.7. The quantitative estimate of drug-likeness (QED) is 0.284. The van der Waals surface area contributed by atoms with Crippen LogP contribution in [0.25, 0.3) is 21.9 Å². The van der Waals surface area contributed by atoms with Crippen LogP contribution in [0.3, 0.4) is 0 Å². The number of anilines is 1. The van der Waals surface area contributed by atoms with Crippen LogP contribution in [0, 0.1) is 0 Å². The first kappa shape index (κ1) is 26.1. The fourth-order valence-corrected chi connectivity index (χ4v) is 5.87. The lowest BCUT2D eigenvalue weighted by Gasteiger charge is -2.21. The van der Waals surface area contributed by atoms with Crippen molar-refractivity contribution in [3.63, 3.8) is 0 Å². The van der Waals surface area contributed by atoms with E-state index < -0.39 is 18.4 Å². The molecule has 2 aromatic carbocycles. The Kier molecular flexibility index (Phi) is 7.44. The van der Waals surface area contributed by atoms with Crippen LogP contribution < -0.4 is 4.90 Å². The molecule has 0 unspecified atom stereocenters. The molecule has 1 saturated heterocycles. The fourth-order valence-electron chi connectivity index (χ4n) is 5.27. The second-order valence-corrected chi connectivity index (χ2v) is 10.8. The monoisotopic (exact) mass is 593 g/mol. The van der Waals surface area contributed by atoms with Crippen molar-refractivity contribution in [2.45, 2.75) is 44.3 Å². The number of benzene rings is 2. The number of halogens is 2. The molecule has 202 valence electrons. The predicted octanol–water partition coefficient (Wildman–Crippen LogP) is 5.62. The molecule has 1 N–H and O–H groups in total. The molecule has 3 atom stereocenters. The van der Waals surface area contributed by atoms with Gasteiger partial charge in [0.25, 0.3) is 0 Å². The summed E-state index contributed by atoms with van der Waals surface area (Å²) >= 11 is 3.70. The molecular formula is C29H29BrFN5O3. The van der Waals surface area contributed by atoms with E-state index in [2.05, 4.69) is 49.1 Å². The zero-order chi connectivity index (χ0) is 26.9. The molecule has 0 radical (unpaired) electrons. The van der Waals surface area contributed by atoms with E-state index in [0.29, 0.717) is 43.0 Å². The molecule has 0 bridgehead atoms. The molecule has 3 heterocycles. The Hall–Kier alpha value is -3.18. The number of ether oxygens (including phenoxy) is 2. The van der Waals surface area contributed by atoms with Crippen molar-refractivity contribution in [2.24, 2.45) is 0 Å². The Morgan fingerprint density at radius 1 is 1.21 bits per heavy atom. The van der Waals surface area contributed by atoms with Crippen molar-refractivity contribution >= 4 is 43.7 Å². The third-order valence-electron chi connectivity index (χ3n) is 7.29. The summed E-state index contributed by atoms with van der Waals surface area (Å²) < 4.78 is 28.7. The van der Waals surface area contributed by atoms with E-state index in [1.807, 2.05) is 34.7 Å². The number of likely N-dealkylation sites (N-methyl/N-ethyl adjacent to an activating group) is 1. The fraction of sp³-hybridized carbons (Fsp3) is 0.345. The molecule has 1 aliphatic heterocycles. The maximum atomic E-state index is 13.7. The predicted molar refractivity (Wildman–Crippen MR) is 151 cm³/mol. The van der Waals surface area contributed by atoms with Crippen LogP contribution in [-0.2, 0) is 16.1 Å². The molecule has 39 heavy (non-hydrogen) atoms. The van der Waals surface area contributed by atoms with Gasteiger partial charge < -0.3 is 19.5 Å². The number of aromatic nitrogens is 4. The zero-order valence-corrected chi connectivity index (χ0v) is 23.1. The number of nitrogens with zero attached hydrogens (tertiary/aromatic N) is 5. The number of aliphatic hydroxyl groups excluding tert-OH is 1. The van der Waals surface area contributed by atoms with E-state index in [1.54, 1.807) is 18.5 Å². The van der Waals surface area contributed by atoms with Crippen molar-refractivity contribution in [2.75, 3.05) is 25.1 Å². The van der Waals surface area contributed by atoms with Crippen LogP contribution in [0.4, 0.5) is 10.2 Å². The minimum absolute atomic E-state index is 0.192. The SMILES string of the molecule is CN(CC1=CC(F)=CCC1)c1ncnc2c1ncn2[C@H]1C[C@H](O)[C@@H](COCc2ccc3ccccc3c2Br)O1. The smallest absolute Gasteiger partial charge is 0.167 e. The largest absolute Gasteiger partial charge is 0.390 e. The standard InChI is InChI=1S/C29H29BrFN5O3/c1-35(13-18-5-4-7-21(31)11-18)28-27-29(33-16-32-28)36(17-34-27)25-12-23(37)24(39-25)15-38-14-20-10-9-19-6-2-3-8-22(19)26(20)30/h2-3,6-11,16-17,23-25,37H,4-5,12-15H2,1H3/t23-,24+,25+/m0/s1. The van der Waals surface area contributed by atoms with Crippen molar-refractivity contribution < 1.29 is 19.0 Å². The Labute approximate surface area is 233 Å². The van der Waals surface area contributed by atoms with Gasteiger partial charge in [-0.2, -0.15) is 0 Å². The van der Waals surface area contributed by atoms with Crippen LogP contribution in [0.2, 0.25) is 0 Å².